The SMILES string of the molecule is Cl.O=C(CNCC1CC1)NC1CC(c2ccccc2)C1. The van der Waals surface area contributed by atoms with Gasteiger partial charge in [0.25, 0.3) is 0 Å². The standard InChI is InChI=1S/C16H22N2O.ClH/c19-16(11-17-10-12-6-7-12)18-15-8-14(9-15)13-4-2-1-3-5-13;/h1-5,12,14-15,17H,6-11H2,(H,18,19);1H. The Morgan fingerprint density at radius 3 is 2.50 bits per heavy atom. The van der Waals surface area contributed by atoms with E-state index < -0.39 is 0 Å². The lowest BCUT2D eigenvalue weighted by atomic mass is 9.76. The summed E-state index contributed by atoms with van der Waals surface area (Å²) in [5, 5.41) is 6.34. The Morgan fingerprint density at radius 1 is 1.15 bits per heavy atom. The van der Waals surface area contributed by atoms with Gasteiger partial charge in [-0.2, -0.15) is 0 Å². The molecule has 2 aliphatic carbocycles. The number of amides is 1. The van der Waals surface area contributed by atoms with E-state index >= 15 is 0 Å². The van der Waals surface area contributed by atoms with Crippen molar-refractivity contribution in [2.45, 2.75) is 37.6 Å². The quantitative estimate of drug-likeness (QED) is 0.846. The zero-order valence-electron chi connectivity index (χ0n) is 11.7. The molecule has 1 amide bonds. The van der Waals surface area contributed by atoms with Crippen LogP contribution in [0, 0.1) is 5.92 Å². The molecule has 20 heavy (non-hydrogen) atoms. The first-order chi connectivity index (χ1) is 9.31. The van der Waals surface area contributed by atoms with Crippen LogP contribution in [0.1, 0.15) is 37.2 Å². The number of hydrogen-bond acceptors (Lipinski definition) is 2. The Kier molecular flexibility index (Phi) is 5.44. The lowest BCUT2D eigenvalue weighted by Gasteiger charge is -2.36. The number of carbonyl (C=O) groups is 1. The molecule has 0 aromatic heterocycles. The summed E-state index contributed by atoms with van der Waals surface area (Å²) in [6, 6.07) is 11.0. The molecular formula is C16H23ClN2O. The predicted molar refractivity (Wildman–Crippen MR) is 83.2 cm³/mol. The number of nitrogens with one attached hydrogen (secondary N) is 2. The summed E-state index contributed by atoms with van der Waals surface area (Å²) < 4.78 is 0. The Labute approximate surface area is 126 Å². The molecular weight excluding hydrogens is 272 g/mol. The smallest absolute Gasteiger partial charge is 0.234 e. The highest BCUT2D eigenvalue weighted by molar-refractivity contribution is 5.85. The molecule has 0 aliphatic heterocycles. The second kappa shape index (κ2) is 7.09. The average molecular weight is 295 g/mol. The summed E-state index contributed by atoms with van der Waals surface area (Å²) in [5.74, 6) is 1.61. The maximum atomic E-state index is 11.7. The fourth-order valence-corrected chi connectivity index (χ4v) is 2.72. The summed E-state index contributed by atoms with van der Waals surface area (Å²) >= 11 is 0. The Morgan fingerprint density at radius 2 is 1.85 bits per heavy atom. The number of halogens is 1. The first kappa shape index (κ1) is 15.3. The number of carbonyl (C=O) groups excluding carboxylic acids is 1. The van der Waals surface area contributed by atoms with Gasteiger partial charge in [0.15, 0.2) is 0 Å². The van der Waals surface area contributed by atoms with Crippen LogP contribution in [0.4, 0.5) is 0 Å². The number of hydrogen-bond donors (Lipinski definition) is 2. The van der Waals surface area contributed by atoms with Gasteiger partial charge >= 0.3 is 0 Å². The predicted octanol–water partition coefficient (Wildman–Crippen LogP) is 2.47. The van der Waals surface area contributed by atoms with Crippen LogP contribution in [-0.4, -0.2) is 25.0 Å². The van der Waals surface area contributed by atoms with Crippen molar-refractivity contribution in [2.75, 3.05) is 13.1 Å². The van der Waals surface area contributed by atoms with Gasteiger partial charge in [-0.05, 0) is 49.6 Å². The maximum Gasteiger partial charge on any atom is 0.234 e. The van der Waals surface area contributed by atoms with E-state index in [0.29, 0.717) is 18.5 Å². The van der Waals surface area contributed by atoms with Crippen LogP contribution in [0.3, 0.4) is 0 Å². The van der Waals surface area contributed by atoms with Crippen molar-refractivity contribution < 1.29 is 4.79 Å². The molecule has 3 rings (SSSR count). The fraction of sp³-hybridized carbons (Fsp3) is 0.562. The summed E-state index contributed by atoms with van der Waals surface area (Å²) in [4.78, 5) is 11.7. The molecule has 2 aliphatic rings. The fourth-order valence-electron chi connectivity index (χ4n) is 2.72. The summed E-state index contributed by atoms with van der Waals surface area (Å²) in [5.41, 5.74) is 1.40. The third-order valence-corrected chi connectivity index (χ3v) is 4.19. The van der Waals surface area contributed by atoms with E-state index in [9.17, 15) is 4.79 Å². The van der Waals surface area contributed by atoms with Crippen LogP contribution in [-0.2, 0) is 4.79 Å². The minimum absolute atomic E-state index is 0. The van der Waals surface area contributed by atoms with E-state index in [1.54, 1.807) is 0 Å². The lowest BCUT2D eigenvalue weighted by molar-refractivity contribution is -0.121. The molecule has 0 heterocycles. The third kappa shape index (κ3) is 4.22. The Balaban J connectivity index is 0.00000147. The van der Waals surface area contributed by atoms with Gasteiger partial charge in [0, 0.05) is 6.04 Å². The van der Waals surface area contributed by atoms with Crippen molar-refractivity contribution in [3.05, 3.63) is 35.9 Å². The molecule has 1 aromatic carbocycles. The minimum atomic E-state index is 0. The first-order valence-corrected chi connectivity index (χ1v) is 7.36. The Hall–Kier alpha value is -1.06. The van der Waals surface area contributed by atoms with Crippen molar-refractivity contribution in [3.8, 4) is 0 Å². The topological polar surface area (TPSA) is 41.1 Å². The highest BCUT2D eigenvalue weighted by Crippen LogP contribution is 2.36. The number of benzene rings is 1. The van der Waals surface area contributed by atoms with Crippen LogP contribution >= 0.6 is 12.4 Å². The zero-order chi connectivity index (χ0) is 13.1. The lowest BCUT2D eigenvalue weighted by Crippen LogP contribution is -2.46. The molecule has 0 atom stereocenters. The van der Waals surface area contributed by atoms with Crippen molar-refractivity contribution in [1.29, 1.82) is 0 Å². The molecule has 0 radical (unpaired) electrons. The van der Waals surface area contributed by atoms with E-state index in [-0.39, 0.29) is 18.3 Å². The van der Waals surface area contributed by atoms with Crippen molar-refractivity contribution in [2.24, 2.45) is 5.92 Å². The minimum Gasteiger partial charge on any atom is -0.352 e. The molecule has 0 spiro atoms. The van der Waals surface area contributed by atoms with Gasteiger partial charge in [-0.3, -0.25) is 4.79 Å². The molecule has 0 unspecified atom stereocenters. The molecule has 110 valence electrons. The first-order valence-electron chi connectivity index (χ1n) is 7.36. The van der Waals surface area contributed by atoms with Gasteiger partial charge in [0.2, 0.25) is 5.91 Å². The molecule has 2 fully saturated rings. The van der Waals surface area contributed by atoms with Gasteiger partial charge in [0.05, 0.1) is 6.54 Å². The highest BCUT2D eigenvalue weighted by atomic mass is 35.5. The van der Waals surface area contributed by atoms with Crippen LogP contribution in [0.25, 0.3) is 0 Å². The van der Waals surface area contributed by atoms with Gasteiger partial charge in [-0.1, -0.05) is 30.3 Å². The normalized spacial score (nSPS) is 24.4. The molecule has 0 bridgehead atoms. The summed E-state index contributed by atoms with van der Waals surface area (Å²) in [6.07, 6.45) is 4.82. The van der Waals surface area contributed by atoms with Crippen LogP contribution in [0.2, 0.25) is 0 Å². The van der Waals surface area contributed by atoms with Gasteiger partial charge < -0.3 is 10.6 Å². The van der Waals surface area contributed by atoms with Crippen LogP contribution < -0.4 is 10.6 Å². The average Bonchev–Trinajstić information content (AvgIpc) is 3.18. The van der Waals surface area contributed by atoms with Gasteiger partial charge in [-0.15, -0.1) is 12.4 Å². The van der Waals surface area contributed by atoms with E-state index in [4.69, 9.17) is 0 Å². The van der Waals surface area contributed by atoms with E-state index in [0.717, 1.165) is 25.3 Å². The second-order valence-corrected chi connectivity index (χ2v) is 5.92. The van der Waals surface area contributed by atoms with Crippen LogP contribution in [0.15, 0.2) is 30.3 Å². The zero-order valence-corrected chi connectivity index (χ0v) is 12.5. The monoisotopic (exact) mass is 294 g/mol. The third-order valence-electron chi connectivity index (χ3n) is 4.19. The van der Waals surface area contributed by atoms with E-state index in [1.807, 2.05) is 6.07 Å². The van der Waals surface area contributed by atoms with E-state index in [2.05, 4.69) is 34.9 Å². The molecule has 3 nitrogen and oxygen atoms in total. The summed E-state index contributed by atoms with van der Waals surface area (Å²) in [6.45, 7) is 1.48. The highest BCUT2D eigenvalue weighted by Gasteiger charge is 2.31. The molecule has 4 heteroatoms. The molecule has 1 aromatic rings. The van der Waals surface area contributed by atoms with Crippen molar-refractivity contribution >= 4 is 18.3 Å². The van der Waals surface area contributed by atoms with Crippen molar-refractivity contribution in [1.82, 2.24) is 10.6 Å². The Bertz CT molecular complexity index is 427. The maximum absolute atomic E-state index is 11.7. The second-order valence-electron chi connectivity index (χ2n) is 5.92. The molecule has 2 N–H and O–H groups in total. The van der Waals surface area contributed by atoms with Crippen molar-refractivity contribution in [3.63, 3.8) is 0 Å². The van der Waals surface area contributed by atoms with Gasteiger partial charge in [0.1, 0.15) is 0 Å². The van der Waals surface area contributed by atoms with Crippen LogP contribution in [0.5, 0.6) is 0 Å². The largest absolute Gasteiger partial charge is 0.352 e. The van der Waals surface area contributed by atoms with E-state index in [1.165, 1.54) is 18.4 Å². The van der Waals surface area contributed by atoms with Gasteiger partial charge in [-0.25, -0.2) is 0 Å². The summed E-state index contributed by atoms with van der Waals surface area (Å²) in [7, 11) is 0. The molecule has 0 saturated heterocycles. The molecule has 2 saturated carbocycles. The number of rotatable bonds is 6.